The highest BCUT2D eigenvalue weighted by Gasteiger charge is 2.31. The van der Waals surface area contributed by atoms with Crippen LogP contribution in [0, 0.1) is 0 Å². The lowest BCUT2D eigenvalue weighted by atomic mass is 9.97. The van der Waals surface area contributed by atoms with Crippen molar-refractivity contribution in [3.05, 3.63) is 100 Å². The largest absolute Gasteiger partial charge is 0.352 e. The van der Waals surface area contributed by atoms with Crippen molar-refractivity contribution in [2.24, 2.45) is 0 Å². The van der Waals surface area contributed by atoms with E-state index in [0.29, 0.717) is 38.2 Å². The van der Waals surface area contributed by atoms with Gasteiger partial charge in [0.25, 0.3) is 11.8 Å². The van der Waals surface area contributed by atoms with Crippen LogP contribution in [0.4, 0.5) is 5.69 Å². The molecule has 1 aliphatic carbocycles. The SMILES string of the molecule is O=C(NCCC1=CCCCC1)c1ccc2c(c1)N(Cc1cccc(Cl)c1)C(=O)c1ccccc1[S@]2=O. The molecule has 1 heterocycles. The molecule has 7 heteroatoms. The predicted molar refractivity (Wildman–Crippen MR) is 143 cm³/mol. The molecule has 1 N–H and O–H groups in total. The summed E-state index contributed by atoms with van der Waals surface area (Å²) in [6.07, 6.45) is 7.78. The van der Waals surface area contributed by atoms with Gasteiger partial charge in [-0.25, -0.2) is 4.21 Å². The maximum absolute atomic E-state index is 13.7. The number of halogens is 1. The minimum Gasteiger partial charge on any atom is -0.352 e. The van der Waals surface area contributed by atoms with Gasteiger partial charge in [-0.3, -0.25) is 9.59 Å². The highest BCUT2D eigenvalue weighted by molar-refractivity contribution is 7.85. The first-order valence-corrected chi connectivity index (χ1v) is 13.7. The summed E-state index contributed by atoms with van der Waals surface area (Å²) in [6.45, 7) is 0.793. The number of nitrogens with one attached hydrogen (secondary N) is 1. The van der Waals surface area contributed by atoms with Gasteiger partial charge in [0.2, 0.25) is 0 Å². The van der Waals surface area contributed by atoms with Crippen LogP contribution in [0.15, 0.2) is 88.2 Å². The number of hydrogen-bond donors (Lipinski definition) is 1. The number of benzene rings is 3. The zero-order valence-corrected chi connectivity index (χ0v) is 21.4. The molecule has 0 aromatic heterocycles. The minimum atomic E-state index is -1.57. The van der Waals surface area contributed by atoms with E-state index in [1.807, 2.05) is 12.1 Å². The summed E-state index contributed by atoms with van der Waals surface area (Å²) in [5, 5.41) is 3.57. The zero-order valence-electron chi connectivity index (χ0n) is 19.8. The van der Waals surface area contributed by atoms with E-state index in [4.69, 9.17) is 11.6 Å². The quantitative estimate of drug-likeness (QED) is 0.390. The van der Waals surface area contributed by atoms with Gasteiger partial charge in [-0.05, 0) is 80.1 Å². The Morgan fingerprint density at radius 2 is 1.86 bits per heavy atom. The lowest BCUT2D eigenvalue weighted by Gasteiger charge is -2.24. The summed E-state index contributed by atoms with van der Waals surface area (Å²) in [4.78, 5) is 29.3. The van der Waals surface area contributed by atoms with Crippen molar-refractivity contribution in [2.75, 3.05) is 11.4 Å². The third kappa shape index (κ3) is 5.15. The smallest absolute Gasteiger partial charge is 0.259 e. The molecular formula is C29H27ClN2O3S. The third-order valence-electron chi connectivity index (χ3n) is 6.62. The van der Waals surface area contributed by atoms with E-state index >= 15 is 0 Å². The van der Waals surface area contributed by atoms with Crippen LogP contribution in [0.5, 0.6) is 0 Å². The van der Waals surface area contributed by atoms with Gasteiger partial charge in [-0.15, -0.1) is 0 Å². The first kappa shape index (κ1) is 24.5. The van der Waals surface area contributed by atoms with Crippen molar-refractivity contribution in [1.29, 1.82) is 0 Å². The van der Waals surface area contributed by atoms with Crippen molar-refractivity contribution in [2.45, 2.75) is 48.4 Å². The first-order valence-electron chi connectivity index (χ1n) is 12.2. The molecule has 0 fully saturated rings. The molecular weight excluding hydrogens is 492 g/mol. The fourth-order valence-corrected chi connectivity index (χ4v) is 6.31. The molecule has 184 valence electrons. The molecule has 0 bridgehead atoms. The van der Waals surface area contributed by atoms with E-state index in [2.05, 4.69) is 11.4 Å². The van der Waals surface area contributed by atoms with Crippen LogP contribution in [0.3, 0.4) is 0 Å². The van der Waals surface area contributed by atoms with Crippen molar-refractivity contribution < 1.29 is 13.8 Å². The second-order valence-corrected chi connectivity index (χ2v) is 10.9. The zero-order chi connectivity index (χ0) is 25.1. The molecule has 5 rings (SSSR count). The molecule has 2 amide bonds. The minimum absolute atomic E-state index is 0.211. The van der Waals surface area contributed by atoms with Crippen LogP contribution in [0.1, 0.15) is 58.4 Å². The van der Waals surface area contributed by atoms with E-state index in [0.717, 1.165) is 24.8 Å². The Kier molecular flexibility index (Phi) is 7.35. The van der Waals surface area contributed by atoms with Crippen LogP contribution >= 0.6 is 11.6 Å². The Bertz CT molecular complexity index is 1380. The van der Waals surface area contributed by atoms with Gasteiger partial charge in [0.15, 0.2) is 0 Å². The summed E-state index contributed by atoms with van der Waals surface area (Å²) in [7, 11) is -1.57. The second kappa shape index (κ2) is 10.8. The number of rotatable bonds is 6. The van der Waals surface area contributed by atoms with Crippen LogP contribution in [-0.2, 0) is 17.3 Å². The molecule has 0 saturated heterocycles. The highest BCUT2D eigenvalue weighted by atomic mass is 35.5. The lowest BCUT2D eigenvalue weighted by Crippen LogP contribution is -2.31. The van der Waals surface area contributed by atoms with Crippen molar-refractivity contribution in [3.63, 3.8) is 0 Å². The number of carbonyl (C=O) groups is 2. The molecule has 1 aliphatic heterocycles. The van der Waals surface area contributed by atoms with Gasteiger partial charge in [0.1, 0.15) is 0 Å². The van der Waals surface area contributed by atoms with E-state index in [1.54, 1.807) is 59.5 Å². The van der Waals surface area contributed by atoms with E-state index in [1.165, 1.54) is 18.4 Å². The van der Waals surface area contributed by atoms with Crippen molar-refractivity contribution in [3.8, 4) is 0 Å². The Labute approximate surface area is 218 Å². The average Bonchev–Trinajstić information content (AvgIpc) is 2.98. The second-order valence-electron chi connectivity index (χ2n) is 9.08. The number of nitrogens with zero attached hydrogens (tertiary/aromatic N) is 1. The summed E-state index contributed by atoms with van der Waals surface area (Å²) in [6, 6.07) is 19.3. The molecule has 5 nitrogen and oxygen atoms in total. The molecule has 1 atom stereocenters. The van der Waals surface area contributed by atoms with Crippen LogP contribution in [0.25, 0.3) is 0 Å². The van der Waals surface area contributed by atoms with E-state index in [-0.39, 0.29) is 18.4 Å². The molecule has 0 spiro atoms. The van der Waals surface area contributed by atoms with Crippen LogP contribution in [-0.4, -0.2) is 22.6 Å². The maximum Gasteiger partial charge on any atom is 0.259 e. The van der Waals surface area contributed by atoms with Gasteiger partial charge in [0.05, 0.1) is 38.4 Å². The molecule has 3 aromatic carbocycles. The summed E-state index contributed by atoms with van der Waals surface area (Å²) in [5.74, 6) is -0.476. The van der Waals surface area contributed by atoms with Gasteiger partial charge < -0.3 is 10.2 Å². The van der Waals surface area contributed by atoms with Gasteiger partial charge in [-0.1, -0.05) is 47.5 Å². The lowest BCUT2D eigenvalue weighted by molar-refractivity contribution is 0.0950. The fourth-order valence-electron chi connectivity index (χ4n) is 4.75. The maximum atomic E-state index is 13.7. The number of hydrogen-bond acceptors (Lipinski definition) is 3. The van der Waals surface area contributed by atoms with Crippen molar-refractivity contribution >= 4 is 39.9 Å². The summed E-state index contributed by atoms with van der Waals surface area (Å²) < 4.78 is 13.6. The Morgan fingerprint density at radius 1 is 1.00 bits per heavy atom. The van der Waals surface area contributed by atoms with Crippen LogP contribution < -0.4 is 10.2 Å². The number of amides is 2. The Hall–Kier alpha value is -3.22. The molecule has 0 saturated carbocycles. The normalized spacial score (nSPS) is 17.0. The van der Waals surface area contributed by atoms with Gasteiger partial charge >= 0.3 is 0 Å². The summed E-state index contributed by atoms with van der Waals surface area (Å²) >= 11 is 6.20. The number of fused-ring (bicyclic) bond motifs is 2. The number of carbonyl (C=O) groups excluding carboxylic acids is 2. The molecule has 2 aliphatic rings. The first-order chi connectivity index (χ1) is 17.5. The topological polar surface area (TPSA) is 66.5 Å². The molecule has 0 unspecified atom stereocenters. The van der Waals surface area contributed by atoms with E-state index in [9.17, 15) is 13.8 Å². The van der Waals surface area contributed by atoms with Gasteiger partial charge in [-0.2, -0.15) is 0 Å². The summed E-state index contributed by atoms with van der Waals surface area (Å²) in [5.41, 5.74) is 3.52. The number of allylic oxidation sites excluding steroid dienone is 1. The van der Waals surface area contributed by atoms with Crippen LogP contribution in [0.2, 0.25) is 5.02 Å². The Balaban J connectivity index is 1.47. The standard InChI is InChI=1S/C29H27ClN2O3S/c30-23-10-6-9-21(17-23)19-32-25-18-22(28(33)31-16-15-20-7-2-1-3-8-20)13-14-27(25)36(35)26-12-5-4-11-24(26)29(32)34/h4-7,9-14,17-18H,1-3,8,15-16,19H2,(H,31,33)/t36-/m1/s1. The average molecular weight is 519 g/mol. The fraction of sp³-hybridized carbons (Fsp3) is 0.241. The highest BCUT2D eigenvalue weighted by Crippen LogP contribution is 2.36. The molecule has 0 radical (unpaired) electrons. The predicted octanol–water partition coefficient (Wildman–Crippen LogP) is 6.29. The van der Waals surface area contributed by atoms with E-state index < -0.39 is 10.8 Å². The number of anilines is 1. The Morgan fingerprint density at radius 3 is 2.67 bits per heavy atom. The molecule has 36 heavy (non-hydrogen) atoms. The molecule has 3 aromatic rings. The van der Waals surface area contributed by atoms with Gasteiger partial charge in [0, 0.05) is 17.1 Å². The third-order valence-corrected chi connectivity index (χ3v) is 8.36. The monoisotopic (exact) mass is 518 g/mol. The van der Waals surface area contributed by atoms with Crippen molar-refractivity contribution in [1.82, 2.24) is 5.32 Å².